The van der Waals surface area contributed by atoms with Crippen LogP contribution < -0.4 is 0 Å². The second-order valence-electron chi connectivity index (χ2n) is 5.82. The summed E-state index contributed by atoms with van der Waals surface area (Å²) in [4.78, 5) is 14.0. The first-order chi connectivity index (χ1) is 11.5. The maximum Gasteiger partial charge on any atom is 0.340 e. The lowest BCUT2D eigenvalue weighted by Crippen LogP contribution is -2.36. The Morgan fingerprint density at radius 3 is 2.62 bits per heavy atom. The molecule has 1 aliphatic rings. The third kappa shape index (κ3) is 3.19. The zero-order chi connectivity index (χ0) is 17.3. The molecule has 1 atom stereocenters. The molecule has 4 nitrogen and oxygen atoms in total. The summed E-state index contributed by atoms with van der Waals surface area (Å²) in [5.41, 5.74) is 1.96. The maximum absolute atomic E-state index is 14.2. The van der Waals surface area contributed by atoms with Gasteiger partial charge in [-0.1, -0.05) is 46.3 Å². The molecule has 0 aliphatic carbocycles. The van der Waals surface area contributed by atoms with Crippen molar-refractivity contribution in [3.63, 3.8) is 0 Å². The number of hydrazone groups is 1. The van der Waals surface area contributed by atoms with E-state index in [1.807, 2.05) is 30.3 Å². The lowest BCUT2D eigenvalue weighted by molar-refractivity contribution is 0.159. The van der Waals surface area contributed by atoms with Crippen LogP contribution in [-0.4, -0.2) is 35.7 Å². The zero-order valence-electron chi connectivity index (χ0n) is 13.4. The first-order valence-electron chi connectivity index (χ1n) is 7.55. The van der Waals surface area contributed by atoms with Gasteiger partial charge < -0.3 is 4.90 Å². The molecule has 0 radical (unpaired) electrons. The smallest absolute Gasteiger partial charge is 0.329 e. The number of benzene rings is 2. The predicted molar refractivity (Wildman–Crippen MR) is 95.4 cm³/mol. The summed E-state index contributed by atoms with van der Waals surface area (Å²) in [5.74, 6) is -0.345. The number of nitrogens with zero attached hydrogens (tertiary/aromatic N) is 3. The number of amides is 2. The van der Waals surface area contributed by atoms with Crippen molar-refractivity contribution in [1.29, 1.82) is 0 Å². The molecule has 0 spiro atoms. The van der Waals surface area contributed by atoms with Crippen LogP contribution in [0.5, 0.6) is 0 Å². The highest BCUT2D eigenvalue weighted by molar-refractivity contribution is 9.10. The van der Waals surface area contributed by atoms with Crippen molar-refractivity contribution in [2.24, 2.45) is 5.10 Å². The third-order valence-corrected chi connectivity index (χ3v) is 4.41. The topological polar surface area (TPSA) is 35.9 Å². The summed E-state index contributed by atoms with van der Waals surface area (Å²) in [6.07, 6.45) is 0.469. The standard InChI is InChI=1S/C18H17BrFN3O/c1-22(2)18(24)23-17(12-6-4-3-5-7-12)11-16(21-23)14-10-13(19)8-9-15(14)20/h3-10,17H,11H2,1-2H3. The van der Waals surface area contributed by atoms with Crippen molar-refractivity contribution in [1.82, 2.24) is 9.91 Å². The van der Waals surface area contributed by atoms with Crippen molar-refractivity contribution in [2.45, 2.75) is 12.5 Å². The van der Waals surface area contributed by atoms with Gasteiger partial charge in [0.05, 0.1) is 11.8 Å². The van der Waals surface area contributed by atoms with E-state index in [-0.39, 0.29) is 17.9 Å². The van der Waals surface area contributed by atoms with Gasteiger partial charge in [0.2, 0.25) is 0 Å². The van der Waals surface area contributed by atoms with Crippen LogP contribution in [0.15, 0.2) is 58.1 Å². The van der Waals surface area contributed by atoms with Crippen molar-refractivity contribution in [3.05, 3.63) is 69.9 Å². The Morgan fingerprint density at radius 1 is 1.25 bits per heavy atom. The van der Waals surface area contributed by atoms with E-state index in [0.717, 1.165) is 10.0 Å². The summed E-state index contributed by atoms with van der Waals surface area (Å²) < 4.78 is 15.0. The van der Waals surface area contributed by atoms with Crippen LogP contribution in [0.25, 0.3) is 0 Å². The molecular weight excluding hydrogens is 373 g/mol. The van der Waals surface area contributed by atoms with E-state index < -0.39 is 0 Å². The van der Waals surface area contributed by atoms with Crippen molar-refractivity contribution >= 4 is 27.7 Å². The summed E-state index contributed by atoms with van der Waals surface area (Å²) >= 11 is 3.36. The molecule has 1 unspecified atom stereocenters. The summed E-state index contributed by atoms with van der Waals surface area (Å²) in [7, 11) is 3.36. The molecule has 0 aromatic heterocycles. The first-order valence-corrected chi connectivity index (χ1v) is 8.35. The molecular formula is C18H17BrFN3O. The third-order valence-electron chi connectivity index (χ3n) is 3.91. The maximum atomic E-state index is 14.2. The van der Waals surface area contributed by atoms with Crippen molar-refractivity contribution in [2.75, 3.05) is 14.1 Å². The number of hydrogen-bond acceptors (Lipinski definition) is 2. The van der Waals surface area contributed by atoms with E-state index in [2.05, 4.69) is 21.0 Å². The molecule has 1 aliphatic heterocycles. The average molecular weight is 390 g/mol. The Hall–Kier alpha value is -2.21. The highest BCUT2D eigenvalue weighted by Gasteiger charge is 2.34. The quantitative estimate of drug-likeness (QED) is 0.748. The molecule has 6 heteroatoms. The van der Waals surface area contributed by atoms with Gasteiger partial charge in [-0.05, 0) is 23.8 Å². The predicted octanol–water partition coefficient (Wildman–Crippen LogP) is 4.42. The largest absolute Gasteiger partial charge is 0.340 e. The van der Waals surface area contributed by atoms with E-state index >= 15 is 0 Å². The van der Waals surface area contributed by atoms with Crippen molar-refractivity contribution < 1.29 is 9.18 Å². The van der Waals surface area contributed by atoms with E-state index in [1.54, 1.807) is 26.2 Å². The summed E-state index contributed by atoms with van der Waals surface area (Å²) in [5, 5.41) is 5.87. The number of carbonyl (C=O) groups is 1. The summed E-state index contributed by atoms with van der Waals surface area (Å²) in [6, 6.07) is 13.9. The van der Waals surface area contributed by atoms with Crippen LogP contribution in [0.2, 0.25) is 0 Å². The Kier molecular flexibility index (Phi) is 4.66. The lowest BCUT2D eigenvalue weighted by atomic mass is 9.98. The van der Waals surface area contributed by atoms with Gasteiger partial charge in [-0.15, -0.1) is 0 Å². The molecule has 1 heterocycles. The molecule has 0 fully saturated rings. The molecule has 2 aromatic rings. The van der Waals surface area contributed by atoms with Gasteiger partial charge in [-0.2, -0.15) is 5.10 Å². The van der Waals surface area contributed by atoms with Gasteiger partial charge in [-0.25, -0.2) is 14.2 Å². The minimum absolute atomic E-state index is 0.228. The van der Waals surface area contributed by atoms with Gasteiger partial charge in [-0.3, -0.25) is 0 Å². The van der Waals surface area contributed by atoms with Crippen LogP contribution in [0, 0.1) is 5.82 Å². The van der Waals surface area contributed by atoms with E-state index in [1.165, 1.54) is 16.0 Å². The van der Waals surface area contributed by atoms with Gasteiger partial charge in [0, 0.05) is 30.6 Å². The Balaban J connectivity index is 2.02. The average Bonchev–Trinajstić information content (AvgIpc) is 3.02. The molecule has 0 saturated heterocycles. The monoisotopic (exact) mass is 389 g/mol. The van der Waals surface area contributed by atoms with Gasteiger partial charge in [0.25, 0.3) is 0 Å². The molecule has 0 bridgehead atoms. The highest BCUT2D eigenvalue weighted by Crippen LogP contribution is 2.34. The fourth-order valence-corrected chi connectivity index (χ4v) is 3.07. The van der Waals surface area contributed by atoms with Crippen LogP contribution >= 0.6 is 15.9 Å². The highest BCUT2D eigenvalue weighted by atomic mass is 79.9. The van der Waals surface area contributed by atoms with Crippen molar-refractivity contribution in [3.8, 4) is 0 Å². The van der Waals surface area contributed by atoms with Crippen LogP contribution in [0.1, 0.15) is 23.6 Å². The Labute approximate surface area is 148 Å². The van der Waals surface area contributed by atoms with Crippen LogP contribution in [-0.2, 0) is 0 Å². The molecule has 2 amide bonds. The SMILES string of the molecule is CN(C)C(=O)N1N=C(c2cc(Br)ccc2F)CC1c1ccccc1. The number of halogens is 2. The lowest BCUT2D eigenvalue weighted by Gasteiger charge is -2.25. The first kappa shape index (κ1) is 16.6. The molecule has 124 valence electrons. The van der Waals surface area contributed by atoms with E-state index in [0.29, 0.717) is 17.7 Å². The number of rotatable bonds is 2. The molecule has 2 aromatic carbocycles. The minimum atomic E-state index is -0.345. The summed E-state index contributed by atoms with van der Waals surface area (Å²) in [6.45, 7) is 0. The second kappa shape index (κ2) is 6.73. The Morgan fingerprint density at radius 2 is 1.96 bits per heavy atom. The molecule has 0 N–H and O–H groups in total. The van der Waals surface area contributed by atoms with Crippen LogP contribution in [0.3, 0.4) is 0 Å². The number of urea groups is 1. The van der Waals surface area contributed by atoms with Gasteiger partial charge in [0.15, 0.2) is 0 Å². The van der Waals surface area contributed by atoms with E-state index in [4.69, 9.17) is 0 Å². The zero-order valence-corrected chi connectivity index (χ0v) is 15.0. The fraction of sp³-hybridized carbons (Fsp3) is 0.222. The Bertz CT molecular complexity index is 792. The second-order valence-corrected chi connectivity index (χ2v) is 6.74. The van der Waals surface area contributed by atoms with E-state index in [9.17, 15) is 9.18 Å². The molecule has 3 rings (SSSR count). The van der Waals surface area contributed by atoms with Gasteiger partial charge >= 0.3 is 6.03 Å². The molecule has 0 saturated carbocycles. The number of carbonyl (C=O) groups excluding carboxylic acids is 1. The minimum Gasteiger partial charge on any atom is -0.329 e. The normalized spacial score (nSPS) is 16.9. The number of hydrogen-bond donors (Lipinski definition) is 0. The molecule has 24 heavy (non-hydrogen) atoms. The fourth-order valence-electron chi connectivity index (χ4n) is 2.71. The van der Waals surface area contributed by atoms with Crippen LogP contribution in [0.4, 0.5) is 9.18 Å². The van der Waals surface area contributed by atoms with Gasteiger partial charge in [0.1, 0.15) is 5.82 Å².